The van der Waals surface area contributed by atoms with E-state index in [1.807, 2.05) is 12.1 Å². The average Bonchev–Trinajstić information content (AvgIpc) is 2.69. The number of hydrogen-bond acceptors (Lipinski definition) is 1. The van der Waals surface area contributed by atoms with E-state index in [1.54, 1.807) is 0 Å². The van der Waals surface area contributed by atoms with E-state index in [1.165, 1.54) is 27.5 Å². The van der Waals surface area contributed by atoms with E-state index in [0.29, 0.717) is 0 Å². The van der Waals surface area contributed by atoms with E-state index in [2.05, 4.69) is 115 Å². The first kappa shape index (κ1) is 18.8. The van der Waals surface area contributed by atoms with Crippen LogP contribution < -0.4 is 5.32 Å². The minimum absolute atomic E-state index is 0.122. The van der Waals surface area contributed by atoms with Crippen molar-refractivity contribution in [3.63, 3.8) is 0 Å². The lowest BCUT2D eigenvalue weighted by atomic mass is 9.82. The first-order chi connectivity index (χ1) is 13.4. The van der Waals surface area contributed by atoms with Crippen molar-refractivity contribution < 1.29 is 0 Å². The maximum Gasteiger partial charge on any atom is 0.0384 e. The largest absolute Gasteiger partial charge is 0.356 e. The molecule has 0 radical (unpaired) electrons. The number of nitrogens with one attached hydrogen (secondary N) is 1. The van der Waals surface area contributed by atoms with Crippen molar-refractivity contribution >= 4 is 38.1 Å². The zero-order valence-corrected chi connectivity index (χ0v) is 18.0. The average molecular weight is 430 g/mol. The van der Waals surface area contributed by atoms with Crippen molar-refractivity contribution in [2.24, 2.45) is 0 Å². The molecule has 1 nitrogen and oxygen atoms in total. The Hall–Kier alpha value is -2.58. The van der Waals surface area contributed by atoms with Gasteiger partial charge in [-0.2, -0.15) is 0 Å². The fourth-order valence-electron chi connectivity index (χ4n) is 3.65. The molecule has 4 aromatic carbocycles. The van der Waals surface area contributed by atoms with Gasteiger partial charge in [0.25, 0.3) is 0 Å². The summed E-state index contributed by atoms with van der Waals surface area (Å²) < 4.78 is 1.08. The standard InChI is InChI=1S/C26H24BrN/c1-26(2,3)25-9-5-7-23-22(6-4-8-24(23)25)18-10-14-20(15-11-18)28-21-16-12-19(27)13-17-21/h4-17,28H,1-3H3. The van der Waals surface area contributed by atoms with Gasteiger partial charge in [0.1, 0.15) is 0 Å². The highest BCUT2D eigenvalue weighted by Crippen LogP contribution is 2.35. The number of benzene rings is 4. The van der Waals surface area contributed by atoms with Gasteiger partial charge in [-0.25, -0.2) is 0 Å². The lowest BCUT2D eigenvalue weighted by Crippen LogP contribution is -2.11. The maximum atomic E-state index is 3.48. The summed E-state index contributed by atoms with van der Waals surface area (Å²) in [5.41, 5.74) is 6.19. The Labute approximate surface area is 175 Å². The Balaban J connectivity index is 1.69. The highest BCUT2D eigenvalue weighted by molar-refractivity contribution is 9.10. The van der Waals surface area contributed by atoms with E-state index in [9.17, 15) is 0 Å². The molecular formula is C26H24BrN. The molecule has 0 heterocycles. The van der Waals surface area contributed by atoms with Gasteiger partial charge in [-0.1, -0.05) is 85.2 Å². The van der Waals surface area contributed by atoms with Gasteiger partial charge in [0.15, 0.2) is 0 Å². The van der Waals surface area contributed by atoms with Crippen molar-refractivity contribution in [2.45, 2.75) is 26.2 Å². The second kappa shape index (κ2) is 7.44. The summed E-state index contributed by atoms with van der Waals surface area (Å²) in [7, 11) is 0. The molecule has 4 rings (SSSR count). The molecule has 0 aliphatic carbocycles. The predicted octanol–water partition coefficient (Wildman–Crippen LogP) is 8.31. The van der Waals surface area contributed by atoms with Crippen LogP contribution in [0.2, 0.25) is 0 Å². The van der Waals surface area contributed by atoms with E-state index in [4.69, 9.17) is 0 Å². The summed E-state index contributed by atoms with van der Waals surface area (Å²) in [6, 6.07) is 30.2. The molecule has 0 amide bonds. The third-order valence-electron chi connectivity index (χ3n) is 5.06. The minimum Gasteiger partial charge on any atom is -0.356 e. The van der Waals surface area contributed by atoms with E-state index in [-0.39, 0.29) is 5.41 Å². The Morgan fingerprint density at radius 2 is 1.21 bits per heavy atom. The Morgan fingerprint density at radius 1 is 0.643 bits per heavy atom. The molecule has 0 aromatic heterocycles. The van der Waals surface area contributed by atoms with Crippen LogP contribution in [0.4, 0.5) is 11.4 Å². The summed E-state index contributed by atoms with van der Waals surface area (Å²) in [6.45, 7) is 6.82. The zero-order valence-electron chi connectivity index (χ0n) is 16.5. The van der Waals surface area contributed by atoms with Crippen LogP contribution in [-0.4, -0.2) is 0 Å². The summed E-state index contributed by atoms with van der Waals surface area (Å²) >= 11 is 3.48. The van der Waals surface area contributed by atoms with Crippen LogP contribution in [0.5, 0.6) is 0 Å². The van der Waals surface area contributed by atoms with Crippen LogP contribution in [0.1, 0.15) is 26.3 Å². The van der Waals surface area contributed by atoms with Crippen molar-refractivity contribution in [3.8, 4) is 11.1 Å². The van der Waals surface area contributed by atoms with Crippen LogP contribution >= 0.6 is 15.9 Å². The van der Waals surface area contributed by atoms with Crippen LogP contribution in [-0.2, 0) is 5.41 Å². The van der Waals surface area contributed by atoms with Gasteiger partial charge in [-0.15, -0.1) is 0 Å². The van der Waals surface area contributed by atoms with Crippen molar-refractivity contribution in [3.05, 3.63) is 95.0 Å². The second-order valence-corrected chi connectivity index (χ2v) is 9.08. The fraction of sp³-hybridized carbons (Fsp3) is 0.154. The van der Waals surface area contributed by atoms with Crippen molar-refractivity contribution in [2.75, 3.05) is 5.32 Å². The lowest BCUT2D eigenvalue weighted by molar-refractivity contribution is 0.596. The van der Waals surface area contributed by atoms with Gasteiger partial charge in [-0.05, 0) is 69.3 Å². The molecule has 0 unspecified atom stereocenters. The minimum atomic E-state index is 0.122. The second-order valence-electron chi connectivity index (χ2n) is 8.17. The van der Waals surface area contributed by atoms with E-state index in [0.717, 1.165) is 15.8 Å². The molecule has 28 heavy (non-hydrogen) atoms. The molecule has 2 heteroatoms. The molecular weight excluding hydrogens is 406 g/mol. The number of hydrogen-bond donors (Lipinski definition) is 1. The highest BCUT2D eigenvalue weighted by atomic mass is 79.9. The molecule has 0 spiro atoms. The molecule has 0 aliphatic rings. The number of anilines is 2. The molecule has 0 saturated heterocycles. The van der Waals surface area contributed by atoms with Gasteiger partial charge in [0.2, 0.25) is 0 Å². The van der Waals surface area contributed by atoms with Crippen LogP contribution in [0.3, 0.4) is 0 Å². The van der Waals surface area contributed by atoms with Crippen LogP contribution in [0.25, 0.3) is 21.9 Å². The van der Waals surface area contributed by atoms with Crippen molar-refractivity contribution in [1.82, 2.24) is 0 Å². The first-order valence-corrected chi connectivity index (χ1v) is 10.4. The number of halogens is 1. The fourth-order valence-corrected chi connectivity index (χ4v) is 3.91. The smallest absolute Gasteiger partial charge is 0.0384 e. The summed E-state index contributed by atoms with van der Waals surface area (Å²) in [5.74, 6) is 0. The summed E-state index contributed by atoms with van der Waals surface area (Å²) in [6.07, 6.45) is 0. The summed E-state index contributed by atoms with van der Waals surface area (Å²) in [4.78, 5) is 0. The normalized spacial score (nSPS) is 11.6. The zero-order chi connectivity index (χ0) is 19.7. The Kier molecular flexibility index (Phi) is 4.99. The molecule has 140 valence electrons. The quantitative estimate of drug-likeness (QED) is 0.345. The highest BCUT2D eigenvalue weighted by Gasteiger charge is 2.17. The van der Waals surface area contributed by atoms with Gasteiger partial charge in [0, 0.05) is 15.8 Å². The molecule has 4 aromatic rings. The van der Waals surface area contributed by atoms with Gasteiger partial charge < -0.3 is 5.32 Å². The molecule has 0 saturated carbocycles. The van der Waals surface area contributed by atoms with E-state index >= 15 is 0 Å². The van der Waals surface area contributed by atoms with E-state index < -0.39 is 0 Å². The lowest BCUT2D eigenvalue weighted by Gasteiger charge is -2.22. The SMILES string of the molecule is CC(C)(C)c1cccc2c(-c3ccc(Nc4ccc(Br)cc4)cc3)cccc12. The van der Waals surface area contributed by atoms with Crippen LogP contribution in [0.15, 0.2) is 89.4 Å². The molecule has 0 atom stereocenters. The third kappa shape index (κ3) is 3.83. The molecule has 0 bridgehead atoms. The molecule has 0 fully saturated rings. The van der Waals surface area contributed by atoms with Gasteiger partial charge in [-0.3, -0.25) is 0 Å². The van der Waals surface area contributed by atoms with Gasteiger partial charge in [0.05, 0.1) is 0 Å². The number of rotatable bonds is 3. The third-order valence-corrected chi connectivity index (χ3v) is 5.59. The molecule has 0 aliphatic heterocycles. The first-order valence-electron chi connectivity index (χ1n) is 9.57. The summed E-state index contributed by atoms with van der Waals surface area (Å²) in [5, 5.41) is 6.10. The van der Waals surface area contributed by atoms with Crippen LogP contribution in [0, 0.1) is 0 Å². The Bertz CT molecular complexity index is 1100. The monoisotopic (exact) mass is 429 g/mol. The maximum absolute atomic E-state index is 3.48. The van der Waals surface area contributed by atoms with Gasteiger partial charge >= 0.3 is 0 Å². The van der Waals surface area contributed by atoms with Crippen molar-refractivity contribution in [1.29, 1.82) is 0 Å². The predicted molar refractivity (Wildman–Crippen MR) is 126 cm³/mol. The Morgan fingerprint density at radius 3 is 1.86 bits per heavy atom. The topological polar surface area (TPSA) is 12.0 Å². The number of fused-ring (bicyclic) bond motifs is 1. The molecule has 1 N–H and O–H groups in total.